The first-order valence-corrected chi connectivity index (χ1v) is 8.65. The Hall–Kier alpha value is -2.82. The fourth-order valence-corrected chi connectivity index (χ4v) is 3.09. The van der Waals surface area contributed by atoms with Gasteiger partial charge in [0.05, 0.1) is 26.9 Å². The van der Waals surface area contributed by atoms with Crippen LogP contribution in [0.2, 0.25) is 0 Å². The number of ketones is 1. The molecule has 0 N–H and O–H groups in total. The number of ether oxygens (including phenoxy) is 3. The topological polar surface area (TPSA) is 61.8 Å². The number of rotatable bonds is 5. The summed E-state index contributed by atoms with van der Waals surface area (Å²) < 4.78 is 15.8. The summed E-state index contributed by atoms with van der Waals surface area (Å²) >= 11 is 0. The highest BCUT2D eigenvalue weighted by Gasteiger charge is 2.30. The third-order valence-electron chi connectivity index (χ3n) is 4.54. The van der Waals surface area contributed by atoms with Crippen LogP contribution in [0.1, 0.15) is 58.2 Å². The molecule has 0 radical (unpaired) electrons. The van der Waals surface area contributed by atoms with Crippen LogP contribution in [-0.4, -0.2) is 33.1 Å². The van der Waals surface area contributed by atoms with Crippen molar-refractivity contribution < 1.29 is 23.8 Å². The maximum atomic E-state index is 13.3. The molecule has 0 heterocycles. The minimum absolute atomic E-state index is 0.219. The molecular weight excluding hydrogens is 344 g/mol. The van der Waals surface area contributed by atoms with Crippen LogP contribution >= 0.6 is 0 Å². The predicted octanol–water partition coefficient (Wildman–Crippen LogP) is 4.33. The Kier molecular flexibility index (Phi) is 5.94. The van der Waals surface area contributed by atoms with Crippen molar-refractivity contribution in [2.75, 3.05) is 21.3 Å². The Morgan fingerprint density at radius 1 is 0.926 bits per heavy atom. The zero-order chi connectivity index (χ0) is 20.4. The van der Waals surface area contributed by atoms with Gasteiger partial charge in [0.15, 0.2) is 5.78 Å². The lowest BCUT2D eigenvalue weighted by Gasteiger charge is -2.26. The number of methoxy groups -OCH3 is 3. The first kappa shape index (κ1) is 20.5. The number of carbonyl (C=O) groups is 2. The van der Waals surface area contributed by atoms with Crippen LogP contribution in [0.15, 0.2) is 30.3 Å². The molecule has 0 fully saturated rings. The van der Waals surface area contributed by atoms with Crippen molar-refractivity contribution in [3.63, 3.8) is 0 Å². The average molecular weight is 370 g/mol. The Morgan fingerprint density at radius 2 is 1.56 bits per heavy atom. The van der Waals surface area contributed by atoms with Crippen LogP contribution in [0.25, 0.3) is 0 Å². The summed E-state index contributed by atoms with van der Waals surface area (Å²) in [5, 5.41) is 0. The molecule has 2 aromatic carbocycles. The van der Waals surface area contributed by atoms with E-state index in [1.165, 1.54) is 21.3 Å². The van der Waals surface area contributed by atoms with Gasteiger partial charge in [-0.05, 0) is 36.1 Å². The van der Waals surface area contributed by atoms with Gasteiger partial charge in [0.2, 0.25) is 0 Å². The summed E-state index contributed by atoms with van der Waals surface area (Å²) in [6.07, 6.45) is 0. The molecule has 0 bridgehead atoms. The lowest BCUT2D eigenvalue weighted by molar-refractivity contribution is 0.0596. The summed E-state index contributed by atoms with van der Waals surface area (Å²) in [5.74, 6) is 0.158. The lowest BCUT2D eigenvalue weighted by Crippen LogP contribution is -2.20. The second-order valence-corrected chi connectivity index (χ2v) is 7.28. The van der Waals surface area contributed by atoms with Gasteiger partial charge in [-0.2, -0.15) is 0 Å². The first-order valence-electron chi connectivity index (χ1n) is 8.65. The minimum Gasteiger partial charge on any atom is -0.496 e. The van der Waals surface area contributed by atoms with Crippen LogP contribution < -0.4 is 9.47 Å². The third kappa shape index (κ3) is 3.82. The molecule has 5 heteroatoms. The predicted molar refractivity (Wildman–Crippen MR) is 104 cm³/mol. The monoisotopic (exact) mass is 370 g/mol. The van der Waals surface area contributed by atoms with Crippen LogP contribution in [0.3, 0.4) is 0 Å². The van der Waals surface area contributed by atoms with E-state index in [1.54, 1.807) is 37.3 Å². The van der Waals surface area contributed by atoms with Gasteiger partial charge in [0.25, 0.3) is 0 Å². The molecule has 5 nitrogen and oxygen atoms in total. The number of carbonyl (C=O) groups excluding carboxylic acids is 2. The van der Waals surface area contributed by atoms with E-state index in [1.807, 2.05) is 20.8 Å². The highest BCUT2D eigenvalue weighted by molar-refractivity contribution is 6.13. The fourth-order valence-electron chi connectivity index (χ4n) is 3.09. The second kappa shape index (κ2) is 7.82. The summed E-state index contributed by atoms with van der Waals surface area (Å²) in [6.45, 7) is 7.72. The molecule has 2 aromatic rings. The van der Waals surface area contributed by atoms with E-state index in [9.17, 15) is 9.59 Å². The van der Waals surface area contributed by atoms with Crippen LogP contribution in [-0.2, 0) is 10.2 Å². The normalized spacial score (nSPS) is 11.1. The van der Waals surface area contributed by atoms with Gasteiger partial charge in [0, 0.05) is 11.1 Å². The van der Waals surface area contributed by atoms with Crippen LogP contribution in [0, 0.1) is 6.92 Å². The number of hydrogen-bond donors (Lipinski definition) is 0. The highest BCUT2D eigenvalue weighted by Crippen LogP contribution is 2.39. The van der Waals surface area contributed by atoms with Gasteiger partial charge in [-0.1, -0.05) is 32.9 Å². The van der Waals surface area contributed by atoms with E-state index >= 15 is 0 Å². The zero-order valence-corrected chi connectivity index (χ0v) is 16.9. The molecule has 0 aliphatic carbocycles. The van der Waals surface area contributed by atoms with E-state index in [-0.39, 0.29) is 16.8 Å². The van der Waals surface area contributed by atoms with Crippen molar-refractivity contribution in [1.82, 2.24) is 0 Å². The quantitative estimate of drug-likeness (QED) is 0.579. The van der Waals surface area contributed by atoms with Gasteiger partial charge in [-0.15, -0.1) is 0 Å². The fraction of sp³-hybridized carbons (Fsp3) is 0.364. The summed E-state index contributed by atoms with van der Waals surface area (Å²) in [7, 11) is 4.35. The summed E-state index contributed by atoms with van der Waals surface area (Å²) in [5.41, 5.74) is 2.05. The molecule has 0 aromatic heterocycles. The molecule has 0 saturated carbocycles. The molecule has 0 atom stereocenters. The molecule has 0 saturated heterocycles. The van der Waals surface area contributed by atoms with Gasteiger partial charge >= 0.3 is 5.97 Å². The van der Waals surface area contributed by atoms with Crippen LogP contribution in [0.5, 0.6) is 11.5 Å². The minimum atomic E-state index is -0.537. The Balaban J connectivity index is 2.84. The molecule has 0 unspecified atom stereocenters. The summed E-state index contributed by atoms with van der Waals surface area (Å²) in [4.78, 5) is 25.8. The Morgan fingerprint density at radius 3 is 2.07 bits per heavy atom. The maximum absolute atomic E-state index is 13.3. The SMILES string of the molecule is COC(=O)c1c(C)c(C(=O)c2ccccc2OC)cc(C(C)(C)C)c1OC. The van der Waals surface area contributed by atoms with Crippen molar-refractivity contribution in [2.24, 2.45) is 0 Å². The molecule has 0 aliphatic rings. The standard InChI is InChI=1S/C22H26O5/c1-13-15(19(23)14-10-8-9-11-17(14)25-5)12-16(22(2,3)4)20(26-6)18(13)21(24)27-7/h8-12H,1-7H3. The number of para-hydroxylation sites is 1. The van der Waals surface area contributed by atoms with Crippen molar-refractivity contribution in [2.45, 2.75) is 33.1 Å². The highest BCUT2D eigenvalue weighted by atomic mass is 16.5. The van der Waals surface area contributed by atoms with Gasteiger partial charge in [-0.25, -0.2) is 4.79 Å². The molecular formula is C22H26O5. The van der Waals surface area contributed by atoms with Crippen molar-refractivity contribution in [3.05, 3.63) is 58.1 Å². The smallest absolute Gasteiger partial charge is 0.341 e. The molecule has 27 heavy (non-hydrogen) atoms. The maximum Gasteiger partial charge on any atom is 0.341 e. The van der Waals surface area contributed by atoms with Crippen molar-refractivity contribution >= 4 is 11.8 Å². The second-order valence-electron chi connectivity index (χ2n) is 7.28. The zero-order valence-electron chi connectivity index (χ0n) is 16.9. The molecule has 0 amide bonds. The molecule has 0 aliphatic heterocycles. The first-order chi connectivity index (χ1) is 12.7. The van der Waals surface area contributed by atoms with E-state index in [2.05, 4.69) is 0 Å². The number of hydrogen-bond acceptors (Lipinski definition) is 5. The van der Waals surface area contributed by atoms with Crippen molar-refractivity contribution in [3.8, 4) is 11.5 Å². The van der Waals surface area contributed by atoms with Gasteiger partial charge < -0.3 is 14.2 Å². The molecule has 144 valence electrons. The Bertz CT molecular complexity index is 875. The summed E-state index contributed by atoms with van der Waals surface area (Å²) in [6, 6.07) is 8.82. The van der Waals surface area contributed by atoms with Crippen LogP contribution in [0.4, 0.5) is 0 Å². The number of benzene rings is 2. The average Bonchev–Trinajstić information content (AvgIpc) is 2.65. The Labute approximate surface area is 160 Å². The van der Waals surface area contributed by atoms with E-state index < -0.39 is 5.97 Å². The van der Waals surface area contributed by atoms with Gasteiger partial charge in [-0.3, -0.25) is 4.79 Å². The molecule has 2 rings (SSSR count). The van der Waals surface area contributed by atoms with E-state index in [0.29, 0.717) is 28.2 Å². The lowest BCUT2D eigenvalue weighted by atomic mass is 9.81. The van der Waals surface area contributed by atoms with Crippen molar-refractivity contribution in [1.29, 1.82) is 0 Å². The molecule has 0 spiro atoms. The number of esters is 1. The van der Waals surface area contributed by atoms with Gasteiger partial charge in [0.1, 0.15) is 17.1 Å². The third-order valence-corrected chi connectivity index (χ3v) is 4.54. The largest absolute Gasteiger partial charge is 0.496 e. The van der Waals surface area contributed by atoms with E-state index in [4.69, 9.17) is 14.2 Å². The van der Waals surface area contributed by atoms with E-state index in [0.717, 1.165) is 5.56 Å².